The standard InChI is InChI=1S/C14H24N4O4/c1-14(2,21)8-22-7-6-16(3)13(20)11-12(18(5)10-19)15-9-17(11)4/h9-10,21H,6-8H2,1-5H3. The fourth-order valence-corrected chi connectivity index (χ4v) is 1.78. The second-order valence-corrected chi connectivity index (χ2v) is 5.84. The van der Waals surface area contributed by atoms with Gasteiger partial charge in [0.15, 0.2) is 11.5 Å². The van der Waals surface area contributed by atoms with E-state index in [4.69, 9.17) is 4.74 Å². The molecule has 1 rings (SSSR count). The van der Waals surface area contributed by atoms with Gasteiger partial charge in [-0.3, -0.25) is 9.59 Å². The molecule has 0 aliphatic carbocycles. The highest BCUT2D eigenvalue weighted by molar-refractivity contribution is 5.99. The van der Waals surface area contributed by atoms with Gasteiger partial charge < -0.3 is 24.2 Å². The van der Waals surface area contributed by atoms with Gasteiger partial charge in [-0.2, -0.15) is 0 Å². The van der Waals surface area contributed by atoms with Crippen LogP contribution in [0.4, 0.5) is 5.82 Å². The zero-order valence-electron chi connectivity index (χ0n) is 13.7. The Kier molecular flexibility index (Phi) is 6.07. The second-order valence-electron chi connectivity index (χ2n) is 5.84. The molecule has 1 heterocycles. The smallest absolute Gasteiger partial charge is 0.274 e. The predicted molar refractivity (Wildman–Crippen MR) is 81.8 cm³/mol. The minimum Gasteiger partial charge on any atom is -0.388 e. The van der Waals surface area contributed by atoms with Crippen LogP contribution in [-0.2, 0) is 16.6 Å². The van der Waals surface area contributed by atoms with Gasteiger partial charge >= 0.3 is 0 Å². The van der Waals surface area contributed by atoms with Crippen LogP contribution < -0.4 is 4.90 Å². The Balaban J connectivity index is 2.67. The maximum atomic E-state index is 12.5. The summed E-state index contributed by atoms with van der Waals surface area (Å²) >= 11 is 0. The molecule has 0 radical (unpaired) electrons. The van der Waals surface area contributed by atoms with E-state index in [9.17, 15) is 14.7 Å². The third-order valence-electron chi connectivity index (χ3n) is 2.99. The van der Waals surface area contributed by atoms with Crippen molar-refractivity contribution in [3.05, 3.63) is 12.0 Å². The van der Waals surface area contributed by atoms with Crippen molar-refractivity contribution in [2.45, 2.75) is 19.4 Å². The van der Waals surface area contributed by atoms with Crippen molar-refractivity contribution >= 4 is 18.1 Å². The molecular formula is C14H24N4O4. The average Bonchev–Trinajstić information content (AvgIpc) is 2.82. The van der Waals surface area contributed by atoms with Gasteiger partial charge in [-0.1, -0.05) is 0 Å². The number of imidazole rings is 1. The summed E-state index contributed by atoms with van der Waals surface area (Å²) in [5.74, 6) is 0.0577. The van der Waals surface area contributed by atoms with E-state index in [-0.39, 0.29) is 12.5 Å². The second kappa shape index (κ2) is 7.37. The van der Waals surface area contributed by atoms with Gasteiger partial charge in [0, 0.05) is 27.7 Å². The van der Waals surface area contributed by atoms with E-state index in [1.807, 2.05) is 0 Å². The monoisotopic (exact) mass is 312 g/mol. The molecule has 0 spiro atoms. The summed E-state index contributed by atoms with van der Waals surface area (Å²) < 4.78 is 6.91. The number of amides is 2. The van der Waals surface area contributed by atoms with E-state index in [0.29, 0.717) is 31.1 Å². The van der Waals surface area contributed by atoms with Gasteiger partial charge in [-0.15, -0.1) is 0 Å². The highest BCUT2D eigenvalue weighted by atomic mass is 16.5. The van der Waals surface area contributed by atoms with Crippen molar-refractivity contribution in [1.29, 1.82) is 0 Å². The number of anilines is 1. The first-order chi connectivity index (χ1) is 10.2. The number of rotatable bonds is 8. The van der Waals surface area contributed by atoms with Gasteiger partial charge in [0.2, 0.25) is 6.41 Å². The Labute approximate surface area is 130 Å². The maximum absolute atomic E-state index is 12.5. The lowest BCUT2D eigenvalue weighted by molar-refractivity contribution is -0.107. The van der Waals surface area contributed by atoms with Gasteiger partial charge in [-0.25, -0.2) is 4.98 Å². The summed E-state index contributed by atoms with van der Waals surface area (Å²) in [6.07, 6.45) is 2.09. The molecule has 1 aromatic heterocycles. The van der Waals surface area contributed by atoms with Crippen molar-refractivity contribution in [2.75, 3.05) is 38.8 Å². The first-order valence-electron chi connectivity index (χ1n) is 6.92. The molecule has 1 N–H and O–H groups in total. The zero-order chi connectivity index (χ0) is 16.9. The fourth-order valence-electron chi connectivity index (χ4n) is 1.78. The highest BCUT2D eigenvalue weighted by Crippen LogP contribution is 2.17. The molecule has 124 valence electrons. The van der Waals surface area contributed by atoms with E-state index in [2.05, 4.69) is 4.98 Å². The average molecular weight is 312 g/mol. The molecule has 1 aromatic rings. The lowest BCUT2D eigenvalue weighted by Crippen LogP contribution is -2.34. The van der Waals surface area contributed by atoms with Crippen LogP contribution in [-0.4, -0.2) is 71.3 Å². The molecule has 0 fully saturated rings. The predicted octanol–water partition coefficient (Wildman–Crippen LogP) is -0.128. The molecule has 2 amide bonds. The highest BCUT2D eigenvalue weighted by Gasteiger charge is 2.23. The van der Waals surface area contributed by atoms with Crippen LogP contribution in [0, 0.1) is 0 Å². The number of aromatic nitrogens is 2. The first kappa shape index (κ1) is 18.1. The van der Waals surface area contributed by atoms with E-state index < -0.39 is 5.60 Å². The van der Waals surface area contributed by atoms with E-state index in [1.54, 1.807) is 39.6 Å². The normalized spacial score (nSPS) is 11.4. The first-order valence-corrected chi connectivity index (χ1v) is 6.92. The molecule has 0 atom stereocenters. The number of aliphatic hydroxyl groups is 1. The molecule has 0 aliphatic rings. The lowest BCUT2D eigenvalue weighted by atomic mass is 10.2. The maximum Gasteiger partial charge on any atom is 0.274 e. The summed E-state index contributed by atoms with van der Waals surface area (Å²) in [4.78, 5) is 30.2. The van der Waals surface area contributed by atoms with Crippen molar-refractivity contribution in [3.63, 3.8) is 0 Å². The fraction of sp³-hybridized carbons (Fsp3) is 0.643. The van der Waals surface area contributed by atoms with Gasteiger partial charge in [0.25, 0.3) is 5.91 Å². The molecule has 8 nitrogen and oxygen atoms in total. The van der Waals surface area contributed by atoms with Crippen LogP contribution in [0.15, 0.2) is 6.33 Å². The number of likely N-dealkylation sites (N-methyl/N-ethyl adjacent to an activating group) is 1. The van der Waals surface area contributed by atoms with Crippen LogP contribution in [0.5, 0.6) is 0 Å². The quantitative estimate of drug-likeness (QED) is 0.534. The Hall–Kier alpha value is -1.93. The molecule has 8 heteroatoms. The number of nitrogens with zero attached hydrogens (tertiary/aromatic N) is 4. The molecule has 0 bridgehead atoms. The number of ether oxygens (including phenoxy) is 1. The zero-order valence-corrected chi connectivity index (χ0v) is 13.7. The van der Waals surface area contributed by atoms with Crippen LogP contribution >= 0.6 is 0 Å². The third kappa shape index (κ3) is 4.81. The minimum atomic E-state index is -0.898. The summed E-state index contributed by atoms with van der Waals surface area (Å²) in [6.45, 7) is 4.17. The van der Waals surface area contributed by atoms with Crippen molar-refractivity contribution in [3.8, 4) is 0 Å². The molecular weight excluding hydrogens is 288 g/mol. The Bertz CT molecular complexity index is 521. The number of hydrogen-bond donors (Lipinski definition) is 1. The number of aryl methyl sites for hydroxylation is 1. The van der Waals surface area contributed by atoms with Crippen LogP contribution in [0.1, 0.15) is 24.3 Å². The van der Waals surface area contributed by atoms with E-state index in [0.717, 1.165) is 0 Å². The van der Waals surface area contributed by atoms with E-state index >= 15 is 0 Å². The van der Waals surface area contributed by atoms with Crippen molar-refractivity contribution in [1.82, 2.24) is 14.5 Å². The molecule has 0 aromatic carbocycles. The third-order valence-corrected chi connectivity index (χ3v) is 2.99. The summed E-state index contributed by atoms with van der Waals surface area (Å²) in [6, 6.07) is 0. The molecule has 0 saturated heterocycles. The van der Waals surface area contributed by atoms with Crippen molar-refractivity contribution < 1.29 is 19.4 Å². The minimum absolute atomic E-state index is 0.194. The Morgan fingerprint density at radius 1 is 1.50 bits per heavy atom. The van der Waals surface area contributed by atoms with Gasteiger partial charge in [0.05, 0.1) is 25.1 Å². The summed E-state index contributed by atoms with van der Waals surface area (Å²) in [5, 5.41) is 9.55. The van der Waals surface area contributed by atoms with Crippen LogP contribution in [0.2, 0.25) is 0 Å². The topological polar surface area (TPSA) is 87.9 Å². The molecule has 0 aliphatic heterocycles. The largest absolute Gasteiger partial charge is 0.388 e. The summed E-state index contributed by atoms with van der Waals surface area (Å²) in [5.41, 5.74) is -0.565. The number of carbonyl (C=O) groups excluding carboxylic acids is 2. The molecule has 22 heavy (non-hydrogen) atoms. The molecule has 0 saturated carbocycles. The SMILES string of the molecule is CN(CCOCC(C)(C)O)C(=O)c1c(N(C)C=O)ncn1C. The van der Waals surface area contributed by atoms with Gasteiger partial charge in [0.1, 0.15) is 0 Å². The Morgan fingerprint density at radius 2 is 2.14 bits per heavy atom. The number of carbonyl (C=O) groups is 2. The number of hydrogen-bond acceptors (Lipinski definition) is 5. The molecule has 0 unspecified atom stereocenters. The van der Waals surface area contributed by atoms with Gasteiger partial charge in [-0.05, 0) is 13.8 Å². The van der Waals surface area contributed by atoms with Crippen LogP contribution in [0.25, 0.3) is 0 Å². The summed E-state index contributed by atoms with van der Waals surface area (Å²) in [7, 11) is 4.88. The lowest BCUT2D eigenvalue weighted by Gasteiger charge is -2.21. The van der Waals surface area contributed by atoms with E-state index in [1.165, 1.54) is 16.1 Å². The van der Waals surface area contributed by atoms with Crippen molar-refractivity contribution in [2.24, 2.45) is 7.05 Å². The Morgan fingerprint density at radius 3 is 2.68 bits per heavy atom. The van der Waals surface area contributed by atoms with Crippen LogP contribution in [0.3, 0.4) is 0 Å².